The molecule has 2 nitrogen and oxygen atoms in total. The Morgan fingerprint density at radius 1 is 1.33 bits per heavy atom. The van der Waals surface area contributed by atoms with Crippen molar-refractivity contribution in [3.63, 3.8) is 0 Å². The van der Waals surface area contributed by atoms with Gasteiger partial charge in [-0.3, -0.25) is 0 Å². The summed E-state index contributed by atoms with van der Waals surface area (Å²) in [6.45, 7) is 5.87. The number of ether oxygens (including phenoxy) is 2. The maximum absolute atomic E-state index is 5.57. The number of hydrogen-bond donors (Lipinski definition) is 0. The predicted octanol–water partition coefficient (Wildman–Crippen LogP) is 2.40. The molecule has 0 aliphatic carbocycles. The number of halogens is 1. The van der Waals surface area contributed by atoms with Crippen LogP contribution >= 0.6 is 11.6 Å². The summed E-state index contributed by atoms with van der Waals surface area (Å²) in [6, 6.07) is 0. The summed E-state index contributed by atoms with van der Waals surface area (Å²) in [6.07, 6.45) is 1.86. The zero-order valence-electron chi connectivity index (χ0n) is 7.81. The van der Waals surface area contributed by atoms with E-state index in [0.717, 1.165) is 26.1 Å². The van der Waals surface area contributed by atoms with Crippen LogP contribution < -0.4 is 0 Å². The molecule has 0 amide bonds. The average molecular weight is 193 g/mol. The van der Waals surface area contributed by atoms with Crippen LogP contribution in [-0.4, -0.2) is 25.4 Å². The summed E-state index contributed by atoms with van der Waals surface area (Å²) in [5, 5.41) is 0. The molecule has 1 heterocycles. The van der Waals surface area contributed by atoms with Crippen LogP contribution in [0.4, 0.5) is 0 Å². The van der Waals surface area contributed by atoms with E-state index in [-0.39, 0.29) is 11.7 Å². The van der Waals surface area contributed by atoms with E-state index in [1.165, 1.54) is 0 Å². The average Bonchev–Trinajstić information content (AvgIpc) is 2.03. The molecular weight excluding hydrogens is 176 g/mol. The Kier molecular flexibility index (Phi) is 3.81. The first-order valence-electron chi connectivity index (χ1n) is 4.43. The van der Waals surface area contributed by atoms with Crippen molar-refractivity contribution in [1.29, 1.82) is 0 Å². The minimum absolute atomic E-state index is 0.0169. The van der Waals surface area contributed by atoms with Gasteiger partial charge in [-0.25, -0.2) is 0 Å². The highest BCUT2D eigenvalue weighted by Crippen LogP contribution is 2.24. The normalized spacial score (nSPS) is 24.2. The van der Waals surface area contributed by atoms with Gasteiger partial charge in [0.2, 0.25) is 0 Å². The van der Waals surface area contributed by atoms with Gasteiger partial charge in [0, 0.05) is 11.3 Å². The Morgan fingerprint density at radius 2 is 1.92 bits per heavy atom. The molecule has 1 aliphatic heterocycles. The third-order valence-corrected chi connectivity index (χ3v) is 2.16. The molecule has 1 aliphatic rings. The lowest BCUT2D eigenvalue weighted by Gasteiger charge is -2.34. The molecule has 0 atom stereocenters. The fraction of sp³-hybridized carbons (Fsp3) is 1.00. The fourth-order valence-corrected chi connectivity index (χ4v) is 1.29. The van der Waals surface area contributed by atoms with Crippen LogP contribution in [-0.2, 0) is 9.47 Å². The smallest absolute Gasteiger partial charge is 0.157 e. The standard InChI is InChI=1S/C9H17ClO2/c1-9(2)6-11-8(12-7-9)4-3-5-10/h8H,3-7H2,1-2H3. The Hall–Kier alpha value is 0.210. The number of alkyl halides is 1. The molecule has 0 unspecified atom stereocenters. The summed E-state index contributed by atoms with van der Waals surface area (Å²) in [5.41, 5.74) is 0.178. The Labute approximate surface area is 79.2 Å². The van der Waals surface area contributed by atoms with Crippen molar-refractivity contribution >= 4 is 11.6 Å². The number of rotatable bonds is 3. The first-order valence-corrected chi connectivity index (χ1v) is 4.97. The van der Waals surface area contributed by atoms with Gasteiger partial charge in [0.25, 0.3) is 0 Å². The van der Waals surface area contributed by atoms with E-state index < -0.39 is 0 Å². The molecular formula is C9H17ClO2. The summed E-state index contributed by atoms with van der Waals surface area (Å²) in [5.74, 6) is 0.687. The Morgan fingerprint density at radius 3 is 2.42 bits per heavy atom. The summed E-state index contributed by atoms with van der Waals surface area (Å²) in [4.78, 5) is 0. The second-order valence-corrected chi connectivity index (χ2v) is 4.42. The minimum Gasteiger partial charge on any atom is -0.352 e. The highest BCUT2D eigenvalue weighted by molar-refractivity contribution is 6.17. The highest BCUT2D eigenvalue weighted by atomic mass is 35.5. The summed E-state index contributed by atoms with van der Waals surface area (Å²) < 4.78 is 11.0. The van der Waals surface area contributed by atoms with Gasteiger partial charge in [-0.05, 0) is 12.8 Å². The van der Waals surface area contributed by atoms with Gasteiger partial charge in [-0.1, -0.05) is 13.8 Å². The second-order valence-electron chi connectivity index (χ2n) is 4.05. The summed E-state index contributed by atoms with van der Waals surface area (Å²) in [7, 11) is 0. The van der Waals surface area contributed by atoms with Crippen LogP contribution in [0.3, 0.4) is 0 Å². The van der Waals surface area contributed by atoms with E-state index in [0.29, 0.717) is 5.88 Å². The molecule has 1 rings (SSSR count). The Bertz CT molecular complexity index is 126. The molecule has 0 radical (unpaired) electrons. The molecule has 0 saturated carbocycles. The van der Waals surface area contributed by atoms with Gasteiger partial charge in [0.15, 0.2) is 6.29 Å². The molecule has 3 heteroatoms. The topological polar surface area (TPSA) is 18.5 Å². The van der Waals surface area contributed by atoms with Gasteiger partial charge in [0.05, 0.1) is 13.2 Å². The third kappa shape index (κ3) is 3.30. The van der Waals surface area contributed by atoms with Crippen LogP contribution in [0.5, 0.6) is 0 Å². The van der Waals surface area contributed by atoms with Crippen molar-refractivity contribution in [1.82, 2.24) is 0 Å². The lowest BCUT2D eigenvalue weighted by atomic mass is 9.95. The molecule has 0 aromatic rings. The van der Waals surface area contributed by atoms with Crippen LogP contribution in [0.2, 0.25) is 0 Å². The van der Waals surface area contributed by atoms with Crippen molar-refractivity contribution in [3.8, 4) is 0 Å². The third-order valence-electron chi connectivity index (χ3n) is 1.89. The van der Waals surface area contributed by atoms with Crippen molar-refractivity contribution in [2.75, 3.05) is 19.1 Å². The van der Waals surface area contributed by atoms with Gasteiger partial charge in [-0.2, -0.15) is 0 Å². The second kappa shape index (κ2) is 4.45. The van der Waals surface area contributed by atoms with E-state index in [4.69, 9.17) is 21.1 Å². The zero-order valence-corrected chi connectivity index (χ0v) is 8.56. The monoisotopic (exact) mass is 192 g/mol. The molecule has 1 saturated heterocycles. The molecule has 0 aromatic carbocycles. The van der Waals surface area contributed by atoms with E-state index in [2.05, 4.69) is 13.8 Å². The molecule has 0 N–H and O–H groups in total. The van der Waals surface area contributed by atoms with Crippen molar-refractivity contribution in [2.24, 2.45) is 5.41 Å². The fourth-order valence-electron chi connectivity index (χ4n) is 1.14. The van der Waals surface area contributed by atoms with E-state index in [1.807, 2.05) is 0 Å². The SMILES string of the molecule is CC1(C)COC(CCCCl)OC1. The lowest BCUT2D eigenvalue weighted by Crippen LogP contribution is -2.37. The summed E-state index contributed by atoms with van der Waals surface area (Å²) >= 11 is 5.57. The van der Waals surface area contributed by atoms with Gasteiger partial charge >= 0.3 is 0 Å². The first-order chi connectivity index (χ1) is 5.64. The van der Waals surface area contributed by atoms with E-state index >= 15 is 0 Å². The van der Waals surface area contributed by atoms with Crippen LogP contribution in [0, 0.1) is 5.41 Å². The molecule has 72 valence electrons. The first kappa shape index (κ1) is 10.3. The maximum Gasteiger partial charge on any atom is 0.157 e. The van der Waals surface area contributed by atoms with Crippen LogP contribution in [0.1, 0.15) is 26.7 Å². The predicted molar refractivity (Wildman–Crippen MR) is 49.4 cm³/mol. The van der Waals surface area contributed by atoms with Crippen LogP contribution in [0.15, 0.2) is 0 Å². The highest BCUT2D eigenvalue weighted by Gasteiger charge is 2.27. The van der Waals surface area contributed by atoms with Crippen molar-refractivity contribution in [3.05, 3.63) is 0 Å². The van der Waals surface area contributed by atoms with Gasteiger partial charge in [0.1, 0.15) is 0 Å². The largest absolute Gasteiger partial charge is 0.352 e. The number of hydrogen-bond acceptors (Lipinski definition) is 2. The minimum atomic E-state index is -0.0169. The lowest BCUT2D eigenvalue weighted by molar-refractivity contribution is -0.223. The zero-order chi connectivity index (χ0) is 9.03. The maximum atomic E-state index is 5.57. The Balaban J connectivity index is 2.18. The molecule has 0 bridgehead atoms. The molecule has 12 heavy (non-hydrogen) atoms. The van der Waals surface area contributed by atoms with Crippen molar-refractivity contribution in [2.45, 2.75) is 33.0 Å². The van der Waals surface area contributed by atoms with Gasteiger partial charge < -0.3 is 9.47 Å². The molecule has 1 fully saturated rings. The van der Waals surface area contributed by atoms with E-state index in [1.54, 1.807) is 0 Å². The van der Waals surface area contributed by atoms with E-state index in [9.17, 15) is 0 Å². The molecule has 0 aromatic heterocycles. The quantitative estimate of drug-likeness (QED) is 0.640. The molecule has 0 spiro atoms. The van der Waals surface area contributed by atoms with Crippen molar-refractivity contribution < 1.29 is 9.47 Å². The van der Waals surface area contributed by atoms with Crippen LogP contribution in [0.25, 0.3) is 0 Å². The van der Waals surface area contributed by atoms with Gasteiger partial charge in [-0.15, -0.1) is 11.6 Å².